The molecule has 1 aromatic heterocycles. The van der Waals surface area contributed by atoms with E-state index >= 15 is 0 Å². The maximum Gasteiger partial charge on any atom is 0.250 e. The van der Waals surface area contributed by atoms with Crippen LogP contribution in [0.5, 0.6) is 5.75 Å². The van der Waals surface area contributed by atoms with Crippen molar-refractivity contribution in [3.8, 4) is 5.75 Å². The summed E-state index contributed by atoms with van der Waals surface area (Å²) in [6.07, 6.45) is 2.58. The maximum atomic E-state index is 12.8. The van der Waals surface area contributed by atoms with Crippen LogP contribution in [0.4, 0.5) is 5.82 Å². The second kappa shape index (κ2) is 8.70. The molecule has 0 unspecified atom stereocenters. The van der Waals surface area contributed by atoms with Crippen LogP contribution >= 0.6 is 0 Å². The standard InChI is InChI=1S/C26H22N4O3/c27-25(32)20-5-2-6-21-24(20)29-15-30-26(21)28-14-17-4-1-3-16(11-17)12-22(31)18-7-8-23-19(13-18)9-10-33-23/h1-8,11,13,15H,9-10,12,14H2,(H2,27,32)(H,28,29,30). The number of nitrogens with two attached hydrogens (primary N) is 1. The zero-order chi connectivity index (χ0) is 22.8. The minimum absolute atomic E-state index is 0.0792. The first-order valence-corrected chi connectivity index (χ1v) is 10.7. The van der Waals surface area contributed by atoms with E-state index in [1.54, 1.807) is 12.1 Å². The number of aromatic nitrogens is 2. The summed E-state index contributed by atoms with van der Waals surface area (Å²) < 4.78 is 5.53. The highest BCUT2D eigenvalue weighted by Gasteiger charge is 2.16. The number of benzene rings is 3. The van der Waals surface area contributed by atoms with Crippen LogP contribution in [0.3, 0.4) is 0 Å². The van der Waals surface area contributed by atoms with Gasteiger partial charge in [-0.25, -0.2) is 9.97 Å². The van der Waals surface area contributed by atoms with Crippen LogP contribution in [-0.4, -0.2) is 28.3 Å². The van der Waals surface area contributed by atoms with Gasteiger partial charge in [0, 0.05) is 30.3 Å². The molecule has 3 aromatic carbocycles. The average Bonchev–Trinajstić information content (AvgIpc) is 3.30. The minimum Gasteiger partial charge on any atom is -0.493 e. The molecule has 1 aliphatic rings. The van der Waals surface area contributed by atoms with Crippen LogP contribution < -0.4 is 15.8 Å². The molecule has 0 radical (unpaired) electrons. The smallest absolute Gasteiger partial charge is 0.250 e. The topological polar surface area (TPSA) is 107 Å². The van der Waals surface area contributed by atoms with Gasteiger partial charge >= 0.3 is 0 Å². The van der Waals surface area contributed by atoms with Gasteiger partial charge in [0.05, 0.1) is 17.7 Å². The number of ketones is 1. The minimum atomic E-state index is -0.529. The van der Waals surface area contributed by atoms with Crippen molar-refractivity contribution >= 4 is 28.4 Å². The Bertz CT molecular complexity index is 1380. The summed E-state index contributed by atoms with van der Waals surface area (Å²) >= 11 is 0. The third-order valence-corrected chi connectivity index (χ3v) is 5.76. The van der Waals surface area contributed by atoms with Crippen molar-refractivity contribution in [2.24, 2.45) is 5.73 Å². The first-order chi connectivity index (χ1) is 16.1. The normalized spacial score (nSPS) is 12.2. The van der Waals surface area contributed by atoms with Gasteiger partial charge in [0.1, 0.15) is 17.9 Å². The number of rotatable bonds is 7. The third kappa shape index (κ3) is 4.25. The summed E-state index contributed by atoms with van der Waals surface area (Å²) in [7, 11) is 0. The van der Waals surface area contributed by atoms with E-state index in [0.29, 0.717) is 42.0 Å². The zero-order valence-corrected chi connectivity index (χ0v) is 17.9. The summed E-state index contributed by atoms with van der Waals surface area (Å²) in [5.41, 5.74) is 10.1. The van der Waals surface area contributed by atoms with E-state index in [2.05, 4.69) is 15.3 Å². The van der Waals surface area contributed by atoms with E-state index in [1.807, 2.05) is 48.5 Å². The summed E-state index contributed by atoms with van der Waals surface area (Å²) in [5, 5.41) is 4.03. The molecular formula is C26H22N4O3. The predicted octanol–water partition coefficient (Wildman–Crippen LogP) is 3.70. The van der Waals surface area contributed by atoms with Crippen molar-refractivity contribution in [2.45, 2.75) is 19.4 Å². The predicted molar refractivity (Wildman–Crippen MR) is 126 cm³/mol. The molecule has 0 aliphatic carbocycles. The van der Waals surface area contributed by atoms with E-state index in [-0.39, 0.29) is 5.78 Å². The van der Waals surface area contributed by atoms with E-state index in [1.165, 1.54) is 6.33 Å². The van der Waals surface area contributed by atoms with Crippen molar-refractivity contribution in [1.82, 2.24) is 9.97 Å². The number of fused-ring (bicyclic) bond motifs is 2. The number of carbonyl (C=O) groups is 2. The quantitative estimate of drug-likeness (QED) is 0.426. The monoisotopic (exact) mass is 438 g/mol. The Labute approximate surface area is 190 Å². The largest absolute Gasteiger partial charge is 0.493 e. The van der Waals surface area contributed by atoms with E-state index in [9.17, 15) is 9.59 Å². The number of primary amides is 1. The van der Waals surface area contributed by atoms with Gasteiger partial charge < -0.3 is 15.8 Å². The Balaban J connectivity index is 1.31. The number of ether oxygens (including phenoxy) is 1. The summed E-state index contributed by atoms with van der Waals surface area (Å²) in [6, 6.07) is 18.8. The van der Waals surface area contributed by atoms with Gasteiger partial charge in [-0.05, 0) is 47.0 Å². The van der Waals surface area contributed by atoms with Crippen LogP contribution in [0.1, 0.15) is 37.4 Å². The highest BCUT2D eigenvalue weighted by molar-refractivity contribution is 6.06. The number of carbonyl (C=O) groups excluding carboxylic acids is 2. The van der Waals surface area contributed by atoms with E-state index in [4.69, 9.17) is 10.5 Å². The molecule has 0 saturated carbocycles. The Morgan fingerprint density at radius 1 is 1.00 bits per heavy atom. The molecule has 3 N–H and O–H groups in total. The molecule has 1 aliphatic heterocycles. The molecule has 0 atom stereocenters. The molecule has 0 spiro atoms. The maximum absolute atomic E-state index is 12.8. The lowest BCUT2D eigenvalue weighted by Crippen LogP contribution is -2.12. The van der Waals surface area contributed by atoms with E-state index < -0.39 is 5.91 Å². The fourth-order valence-electron chi connectivity index (χ4n) is 4.11. The molecule has 0 fully saturated rings. The average molecular weight is 438 g/mol. The first-order valence-electron chi connectivity index (χ1n) is 10.7. The van der Waals surface area contributed by atoms with Crippen molar-refractivity contribution in [3.63, 3.8) is 0 Å². The van der Waals surface area contributed by atoms with Gasteiger partial charge in [-0.15, -0.1) is 0 Å². The molecule has 7 nitrogen and oxygen atoms in total. The van der Waals surface area contributed by atoms with Crippen LogP contribution in [0.25, 0.3) is 10.9 Å². The van der Waals surface area contributed by atoms with Crippen molar-refractivity contribution in [2.75, 3.05) is 11.9 Å². The first kappa shape index (κ1) is 20.6. The molecule has 0 bridgehead atoms. The summed E-state index contributed by atoms with van der Waals surface area (Å²) in [4.78, 5) is 33.1. The highest BCUT2D eigenvalue weighted by atomic mass is 16.5. The Kier molecular flexibility index (Phi) is 5.44. The van der Waals surface area contributed by atoms with Crippen molar-refractivity contribution < 1.29 is 14.3 Å². The SMILES string of the molecule is NC(=O)c1cccc2c(NCc3cccc(CC(=O)c4ccc5c(c4)CCO5)c3)ncnc12. The summed E-state index contributed by atoms with van der Waals surface area (Å²) in [5.74, 6) is 1.04. The second-order valence-electron chi connectivity index (χ2n) is 7.98. The highest BCUT2D eigenvalue weighted by Crippen LogP contribution is 2.27. The number of nitrogens with one attached hydrogen (secondary N) is 1. The van der Waals surface area contributed by atoms with Crippen LogP contribution in [0, 0.1) is 0 Å². The fourth-order valence-corrected chi connectivity index (χ4v) is 4.11. The Morgan fingerprint density at radius 3 is 2.73 bits per heavy atom. The fraction of sp³-hybridized carbons (Fsp3) is 0.154. The number of hydrogen-bond acceptors (Lipinski definition) is 6. The van der Waals surface area contributed by atoms with Gasteiger partial charge in [0.15, 0.2) is 5.78 Å². The molecule has 164 valence electrons. The summed E-state index contributed by atoms with van der Waals surface area (Å²) in [6.45, 7) is 1.18. The molecule has 2 heterocycles. The molecule has 0 saturated heterocycles. The van der Waals surface area contributed by atoms with Gasteiger partial charge in [0.2, 0.25) is 0 Å². The molecular weight excluding hydrogens is 416 g/mol. The van der Waals surface area contributed by atoms with Gasteiger partial charge in [-0.1, -0.05) is 30.3 Å². The molecule has 1 amide bonds. The second-order valence-corrected chi connectivity index (χ2v) is 7.98. The molecule has 5 rings (SSSR count). The third-order valence-electron chi connectivity index (χ3n) is 5.76. The molecule has 33 heavy (non-hydrogen) atoms. The van der Waals surface area contributed by atoms with Gasteiger partial charge in [-0.2, -0.15) is 0 Å². The van der Waals surface area contributed by atoms with Crippen LogP contribution in [0.15, 0.2) is 67.0 Å². The molecule has 4 aromatic rings. The van der Waals surface area contributed by atoms with E-state index in [0.717, 1.165) is 34.2 Å². The number of Topliss-reactive ketones (excluding diaryl/α,β-unsaturated/α-hetero) is 1. The lowest BCUT2D eigenvalue weighted by molar-refractivity contribution is 0.0988. The van der Waals surface area contributed by atoms with Crippen LogP contribution in [0.2, 0.25) is 0 Å². The van der Waals surface area contributed by atoms with Crippen molar-refractivity contribution in [3.05, 3.63) is 94.8 Å². The van der Waals surface area contributed by atoms with Gasteiger partial charge in [-0.3, -0.25) is 9.59 Å². The number of para-hydroxylation sites is 1. The number of hydrogen-bond donors (Lipinski definition) is 2. The van der Waals surface area contributed by atoms with Crippen molar-refractivity contribution in [1.29, 1.82) is 0 Å². The number of nitrogens with zero attached hydrogens (tertiary/aromatic N) is 2. The van der Waals surface area contributed by atoms with Gasteiger partial charge in [0.25, 0.3) is 5.91 Å². The lowest BCUT2D eigenvalue weighted by Gasteiger charge is -2.11. The van der Waals surface area contributed by atoms with Crippen LogP contribution in [-0.2, 0) is 19.4 Å². The Morgan fingerprint density at radius 2 is 1.85 bits per heavy atom. The number of amides is 1. The number of anilines is 1. The zero-order valence-electron chi connectivity index (χ0n) is 17.9. The Hall–Kier alpha value is -4.26. The molecule has 7 heteroatoms. The lowest BCUT2D eigenvalue weighted by atomic mass is 9.99.